The molecule has 142 valence electrons. The molecule has 27 heavy (non-hydrogen) atoms. The predicted molar refractivity (Wildman–Crippen MR) is 105 cm³/mol. The van der Waals surface area contributed by atoms with Gasteiger partial charge in [-0.15, -0.1) is 0 Å². The van der Waals surface area contributed by atoms with Crippen molar-refractivity contribution in [2.75, 3.05) is 43.1 Å². The summed E-state index contributed by atoms with van der Waals surface area (Å²) < 4.78 is 11.3. The smallest absolute Gasteiger partial charge is 0.340 e. The second-order valence-corrected chi connectivity index (χ2v) is 6.81. The molecule has 7 nitrogen and oxygen atoms in total. The number of nitrogens with one attached hydrogen (secondary N) is 1. The van der Waals surface area contributed by atoms with Crippen LogP contribution in [0.2, 0.25) is 0 Å². The first-order chi connectivity index (χ1) is 13.1. The van der Waals surface area contributed by atoms with Gasteiger partial charge in [-0.05, 0) is 47.1 Å². The highest BCUT2D eigenvalue weighted by Crippen LogP contribution is 2.26. The lowest BCUT2D eigenvalue weighted by molar-refractivity contribution is 0.0526. The lowest BCUT2D eigenvalue weighted by Crippen LogP contribution is -2.37. The molecule has 1 aromatic heterocycles. The monoisotopic (exact) mass is 433 g/mol. The highest BCUT2D eigenvalue weighted by atomic mass is 79.9. The van der Waals surface area contributed by atoms with Crippen molar-refractivity contribution < 1.29 is 19.1 Å². The minimum Gasteiger partial charge on any atom is -0.462 e. The average Bonchev–Trinajstić information content (AvgIpc) is 2.69. The molecule has 1 amide bonds. The van der Waals surface area contributed by atoms with E-state index in [9.17, 15) is 9.59 Å². The Morgan fingerprint density at radius 2 is 2.04 bits per heavy atom. The Labute approximate surface area is 165 Å². The number of hydrogen-bond acceptors (Lipinski definition) is 6. The van der Waals surface area contributed by atoms with Crippen LogP contribution in [0.15, 0.2) is 41.1 Å². The number of aromatic nitrogens is 1. The van der Waals surface area contributed by atoms with E-state index in [1.165, 1.54) is 6.20 Å². The van der Waals surface area contributed by atoms with Gasteiger partial charge in [0.05, 0.1) is 36.6 Å². The third kappa shape index (κ3) is 4.84. The first-order valence-electron chi connectivity index (χ1n) is 8.64. The maximum absolute atomic E-state index is 12.5. The Hall–Kier alpha value is -2.45. The van der Waals surface area contributed by atoms with Gasteiger partial charge in [-0.2, -0.15) is 0 Å². The van der Waals surface area contributed by atoms with Crippen molar-refractivity contribution in [3.05, 3.63) is 52.3 Å². The molecule has 1 aliphatic heterocycles. The molecule has 1 N–H and O–H groups in total. The van der Waals surface area contributed by atoms with E-state index in [0.717, 1.165) is 5.69 Å². The molecular formula is C19H20BrN3O4. The lowest BCUT2D eigenvalue weighted by Gasteiger charge is -2.30. The van der Waals surface area contributed by atoms with Crippen LogP contribution in [-0.4, -0.2) is 49.8 Å². The summed E-state index contributed by atoms with van der Waals surface area (Å²) in [5.41, 5.74) is 2.13. The molecule has 1 fully saturated rings. The van der Waals surface area contributed by atoms with Crippen molar-refractivity contribution in [1.82, 2.24) is 4.98 Å². The summed E-state index contributed by atoms with van der Waals surface area (Å²) in [6.07, 6.45) is 3.08. The van der Waals surface area contributed by atoms with E-state index in [4.69, 9.17) is 9.47 Å². The zero-order valence-corrected chi connectivity index (χ0v) is 16.5. The number of esters is 1. The molecule has 2 aromatic rings. The number of carbonyl (C=O) groups excluding carboxylic acids is 2. The highest BCUT2D eigenvalue weighted by Gasteiger charge is 2.21. The molecule has 0 radical (unpaired) electrons. The fraction of sp³-hybridized carbons (Fsp3) is 0.316. The van der Waals surface area contributed by atoms with Crippen LogP contribution in [0.5, 0.6) is 0 Å². The van der Waals surface area contributed by atoms with Crippen LogP contribution < -0.4 is 10.2 Å². The van der Waals surface area contributed by atoms with Crippen molar-refractivity contribution in [3.63, 3.8) is 0 Å². The number of rotatable bonds is 5. The molecule has 2 heterocycles. The summed E-state index contributed by atoms with van der Waals surface area (Å²) in [5.74, 6) is -0.725. The minimum atomic E-state index is -0.417. The molecule has 8 heteroatoms. The maximum Gasteiger partial charge on any atom is 0.340 e. The van der Waals surface area contributed by atoms with Gasteiger partial charge >= 0.3 is 5.97 Å². The van der Waals surface area contributed by atoms with Crippen molar-refractivity contribution in [1.29, 1.82) is 0 Å². The summed E-state index contributed by atoms with van der Waals surface area (Å²) in [6.45, 7) is 4.65. The number of nitrogens with zero attached hydrogens (tertiary/aromatic N) is 2. The van der Waals surface area contributed by atoms with Crippen LogP contribution in [0.1, 0.15) is 27.6 Å². The third-order valence-corrected chi connectivity index (χ3v) is 4.50. The fourth-order valence-electron chi connectivity index (χ4n) is 2.81. The van der Waals surface area contributed by atoms with Gasteiger partial charge in [-0.25, -0.2) is 4.79 Å². The molecule has 0 bridgehead atoms. The Balaban J connectivity index is 1.86. The first kappa shape index (κ1) is 19.3. The normalized spacial score (nSPS) is 13.9. The number of hydrogen-bond donors (Lipinski definition) is 1. The lowest BCUT2D eigenvalue weighted by atomic mass is 10.1. The first-order valence-corrected chi connectivity index (χ1v) is 9.43. The summed E-state index contributed by atoms with van der Waals surface area (Å²) in [5, 5.41) is 2.80. The molecule has 1 aromatic carbocycles. The number of pyridine rings is 1. The Kier molecular flexibility index (Phi) is 6.41. The second-order valence-electron chi connectivity index (χ2n) is 5.90. The van der Waals surface area contributed by atoms with Gasteiger partial charge in [0.1, 0.15) is 0 Å². The summed E-state index contributed by atoms with van der Waals surface area (Å²) >= 11 is 3.30. The summed E-state index contributed by atoms with van der Waals surface area (Å²) in [4.78, 5) is 31.0. The number of amides is 1. The van der Waals surface area contributed by atoms with Crippen LogP contribution in [0, 0.1) is 0 Å². The predicted octanol–water partition coefficient (Wildman–Crippen LogP) is 3.11. The number of carbonyl (C=O) groups is 2. The molecule has 1 aliphatic rings. The van der Waals surface area contributed by atoms with Crippen molar-refractivity contribution in [2.24, 2.45) is 0 Å². The molecule has 0 unspecified atom stereocenters. The summed E-state index contributed by atoms with van der Waals surface area (Å²) in [6, 6.07) is 6.92. The number of halogens is 1. The number of ether oxygens (including phenoxy) is 2. The van der Waals surface area contributed by atoms with Gasteiger partial charge in [0, 0.05) is 35.6 Å². The third-order valence-electron chi connectivity index (χ3n) is 4.07. The average molecular weight is 434 g/mol. The molecular weight excluding hydrogens is 414 g/mol. The number of benzene rings is 1. The maximum atomic E-state index is 12.5. The van der Waals surface area contributed by atoms with Gasteiger partial charge in [-0.1, -0.05) is 0 Å². The van der Waals surface area contributed by atoms with Crippen LogP contribution in [0.25, 0.3) is 0 Å². The van der Waals surface area contributed by atoms with E-state index < -0.39 is 5.97 Å². The van der Waals surface area contributed by atoms with Gasteiger partial charge in [0.15, 0.2) is 0 Å². The van der Waals surface area contributed by atoms with E-state index in [0.29, 0.717) is 47.6 Å². The standard InChI is InChI=1S/C19H20BrN3O4/c1-2-27-19(25)16-10-15(3-4-17(16)23-5-7-26-8-6-23)22-18(24)13-9-14(20)12-21-11-13/h3-4,9-12H,2,5-8H2,1H3,(H,22,24). The number of anilines is 2. The Morgan fingerprint density at radius 3 is 2.74 bits per heavy atom. The van der Waals surface area contributed by atoms with E-state index in [1.54, 1.807) is 31.3 Å². The van der Waals surface area contributed by atoms with E-state index >= 15 is 0 Å². The molecule has 0 aliphatic carbocycles. The van der Waals surface area contributed by atoms with Gasteiger partial charge in [0.2, 0.25) is 0 Å². The van der Waals surface area contributed by atoms with Crippen molar-refractivity contribution in [2.45, 2.75) is 6.92 Å². The Morgan fingerprint density at radius 1 is 1.26 bits per heavy atom. The fourth-order valence-corrected chi connectivity index (χ4v) is 3.17. The molecule has 0 saturated carbocycles. The molecule has 0 spiro atoms. The van der Waals surface area contributed by atoms with Crippen molar-refractivity contribution >= 4 is 39.2 Å². The van der Waals surface area contributed by atoms with E-state index in [-0.39, 0.29) is 12.5 Å². The van der Waals surface area contributed by atoms with Crippen LogP contribution >= 0.6 is 15.9 Å². The van der Waals surface area contributed by atoms with Gasteiger partial charge in [0.25, 0.3) is 5.91 Å². The second kappa shape index (κ2) is 8.96. The van der Waals surface area contributed by atoms with Crippen LogP contribution in [0.4, 0.5) is 11.4 Å². The SMILES string of the molecule is CCOC(=O)c1cc(NC(=O)c2cncc(Br)c2)ccc1N1CCOCC1. The van der Waals surface area contributed by atoms with Gasteiger partial charge in [-0.3, -0.25) is 9.78 Å². The van der Waals surface area contributed by atoms with Crippen LogP contribution in [-0.2, 0) is 9.47 Å². The Bertz CT molecular complexity index is 837. The highest BCUT2D eigenvalue weighted by molar-refractivity contribution is 9.10. The molecule has 3 rings (SSSR count). The topological polar surface area (TPSA) is 80.8 Å². The minimum absolute atomic E-state index is 0.279. The molecule has 1 saturated heterocycles. The summed E-state index contributed by atoms with van der Waals surface area (Å²) in [7, 11) is 0. The largest absolute Gasteiger partial charge is 0.462 e. The number of morpholine rings is 1. The van der Waals surface area contributed by atoms with Crippen LogP contribution in [0.3, 0.4) is 0 Å². The van der Waals surface area contributed by atoms with E-state index in [1.807, 2.05) is 6.07 Å². The zero-order chi connectivity index (χ0) is 19.2. The zero-order valence-electron chi connectivity index (χ0n) is 14.9. The molecule has 0 atom stereocenters. The van der Waals surface area contributed by atoms with Crippen molar-refractivity contribution in [3.8, 4) is 0 Å². The van der Waals surface area contributed by atoms with Gasteiger partial charge < -0.3 is 19.7 Å². The quantitative estimate of drug-likeness (QED) is 0.729. The van der Waals surface area contributed by atoms with E-state index in [2.05, 4.69) is 31.1 Å².